The number of fused-ring (bicyclic) bond motifs is 1. The first-order chi connectivity index (χ1) is 15.5. The van der Waals surface area contributed by atoms with Crippen molar-refractivity contribution >= 4 is 40.3 Å². The molecule has 6 nitrogen and oxygen atoms in total. The lowest BCUT2D eigenvalue weighted by atomic mass is 10.1. The number of hydrogen-bond acceptors (Lipinski definition) is 4. The summed E-state index contributed by atoms with van der Waals surface area (Å²) in [6.45, 7) is 1.93. The lowest BCUT2D eigenvalue weighted by molar-refractivity contribution is -0.113. The highest BCUT2D eigenvalue weighted by atomic mass is 32.2. The van der Waals surface area contributed by atoms with Crippen LogP contribution in [0, 0.1) is 0 Å². The van der Waals surface area contributed by atoms with Gasteiger partial charge in [-0.15, -0.1) is 0 Å². The van der Waals surface area contributed by atoms with Gasteiger partial charge in [-0.2, -0.15) is 0 Å². The van der Waals surface area contributed by atoms with Gasteiger partial charge in [0.15, 0.2) is 5.16 Å². The highest BCUT2D eigenvalue weighted by molar-refractivity contribution is 7.99. The Morgan fingerprint density at radius 3 is 2.44 bits per heavy atom. The number of rotatable bonds is 7. The van der Waals surface area contributed by atoms with Gasteiger partial charge in [0.25, 0.3) is 5.91 Å². The molecule has 0 bridgehead atoms. The third-order valence-electron chi connectivity index (χ3n) is 5.17. The van der Waals surface area contributed by atoms with Crippen LogP contribution in [0.2, 0.25) is 0 Å². The molecule has 0 aliphatic heterocycles. The zero-order valence-electron chi connectivity index (χ0n) is 17.9. The van der Waals surface area contributed by atoms with E-state index in [1.165, 1.54) is 11.8 Å². The number of carbonyl (C=O) groups is 2. The molecule has 1 aromatic heterocycles. The molecular weight excluding hydrogens is 420 g/mol. The first-order valence-corrected chi connectivity index (χ1v) is 11.3. The summed E-state index contributed by atoms with van der Waals surface area (Å²) < 4.78 is 1.97. The fraction of sp³-hybridized carbons (Fsp3) is 0.160. The van der Waals surface area contributed by atoms with Crippen LogP contribution in [-0.2, 0) is 11.8 Å². The van der Waals surface area contributed by atoms with E-state index in [1.54, 1.807) is 24.3 Å². The number of carbonyl (C=O) groups excluding carboxylic acids is 2. The number of nitrogens with one attached hydrogen (secondary N) is 2. The van der Waals surface area contributed by atoms with Crippen LogP contribution >= 0.6 is 11.8 Å². The summed E-state index contributed by atoms with van der Waals surface area (Å²) in [5.74, 6) is -0.244. The summed E-state index contributed by atoms with van der Waals surface area (Å²) in [6, 6.07) is 24.5. The summed E-state index contributed by atoms with van der Waals surface area (Å²) in [7, 11) is 1.93. The molecule has 162 valence electrons. The van der Waals surface area contributed by atoms with E-state index in [2.05, 4.69) is 15.6 Å². The molecule has 3 aromatic carbocycles. The average Bonchev–Trinajstić information content (AvgIpc) is 3.14. The quantitative estimate of drug-likeness (QED) is 0.402. The second kappa shape index (κ2) is 9.70. The van der Waals surface area contributed by atoms with Crippen molar-refractivity contribution in [2.75, 3.05) is 11.1 Å². The van der Waals surface area contributed by atoms with Crippen molar-refractivity contribution in [1.29, 1.82) is 0 Å². The molecule has 4 rings (SSSR count). The highest BCUT2D eigenvalue weighted by Crippen LogP contribution is 2.23. The molecule has 7 heteroatoms. The number of thioether (sulfide) groups is 1. The predicted molar refractivity (Wildman–Crippen MR) is 129 cm³/mol. The van der Waals surface area contributed by atoms with Gasteiger partial charge in [0.05, 0.1) is 34.1 Å². The van der Waals surface area contributed by atoms with E-state index >= 15 is 0 Å². The van der Waals surface area contributed by atoms with Crippen molar-refractivity contribution in [3.8, 4) is 0 Å². The van der Waals surface area contributed by atoms with Crippen LogP contribution in [0.5, 0.6) is 0 Å². The van der Waals surface area contributed by atoms with E-state index in [0.29, 0.717) is 11.3 Å². The van der Waals surface area contributed by atoms with Gasteiger partial charge in [-0.25, -0.2) is 4.98 Å². The van der Waals surface area contributed by atoms with Gasteiger partial charge in [-0.05, 0) is 36.8 Å². The van der Waals surface area contributed by atoms with E-state index < -0.39 is 0 Å². The van der Waals surface area contributed by atoms with Gasteiger partial charge < -0.3 is 15.2 Å². The second-order valence-corrected chi connectivity index (χ2v) is 8.37. The van der Waals surface area contributed by atoms with Gasteiger partial charge in [0.2, 0.25) is 5.91 Å². The Balaban J connectivity index is 1.41. The highest BCUT2D eigenvalue weighted by Gasteiger charge is 2.17. The molecule has 0 saturated heterocycles. The summed E-state index contributed by atoms with van der Waals surface area (Å²) in [6.07, 6.45) is 0. The number of aromatic nitrogens is 2. The fourth-order valence-corrected chi connectivity index (χ4v) is 4.25. The van der Waals surface area contributed by atoms with Crippen molar-refractivity contribution in [1.82, 2.24) is 14.9 Å². The molecule has 0 aliphatic carbocycles. The maximum Gasteiger partial charge on any atom is 0.253 e. The molecule has 32 heavy (non-hydrogen) atoms. The zero-order chi connectivity index (χ0) is 22.5. The normalized spacial score (nSPS) is 11.8. The van der Waals surface area contributed by atoms with E-state index in [4.69, 9.17) is 0 Å². The number of amides is 2. The molecule has 0 spiro atoms. The van der Waals surface area contributed by atoms with E-state index in [-0.39, 0.29) is 23.6 Å². The number of anilines is 1. The first-order valence-electron chi connectivity index (χ1n) is 10.3. The van der Waals surface area contributed by atoms with Crippen LogP contribution in [0.15, 0.2) is 84.0 Å². The third-order valence-corrected chi connectivity index (χ3v) is 6.20. The Labute approximate surface area is 191 Å². The lowest BCUT2D eigenvalue weighted by Gasteiger charge is -2.16. The summed E-state index contributed by atoms with van der Waals surface area (Å²) in [5.41, 5.74) is 3.84. The Morgan fingerprint density at radius 2 is 1.66 bits per heavy atom. The van der Waals surface area contributed by atoms with E-state index in [0.717, 1.165) is 21.8 Å². The SMILES string of the molecule is CC(NC(=O)c1ccccc1NC(=O)CSc1nc2ccccc2n1C)c1ccccc1. The van der Waals surface area contributed by atoms with Gasteiger partial charge in [-0.1, -0.05) is 66.4 Å². The molecule has 2 amide bonds. The molecule has 1 atom stereocenters. The zero-order valence-corrected chi connectivity index (χ0v) is 18.7. The number of nitrogens with zero attached hydrogens (tertiary/aromatic N) is 2. The monoisotopic (exact) mass is 444 g/mol. The maximum absolute atomic E-state index is 12.9. The van der Waals surface area contributed by atoms with Crippen molar-refractivity contribution in [3.63, 3.8) is 0 Å². The average molecular weight is 445 g/mol. The minimum atomic E-state index is -0.236. The summed E-state index contributed by atoms with van der Waals surface area (Å²) >= 11 is 1.36. The second-order valence-electron chi connectivity index (χ2n) is 7.43. The minimum Gasteiger partial charge on any atom is -0.345 e. The first kappa shape index (κ1) is 21.6. The number of para-hydroxylation sites is 3. The van der Waals surface area contributed by atoms with Crippen LogP contribution in [0.25, 0.3) is 11.0 Å². The van der Waals surface area contributed by atoms with Crippen molar-refractivity contribution in [2.24, 2.45) is 7.05 Å². The van der Waals surface area contributed by atoms with Crippen LogP contribution in [0.3, 0.4) is 0 Å². The molecule has 0 aliphatic rings. The molecule has 1 unspecified atom stereocenters. The Hall–Kier alpha value is -3.58. The number of aryl methyl sites for hydroxylation is 1. The van der Waals surface area contributed by atoms with Crippen LogP contribution in [-0.4, -0.2) is 27.1 Å². The predicted octanol–water partition coefficient (Wildman–Crippen LogP) is 4.80. The van der Waals surface area contributed by atoms with Crippen LogP contribution in [0.1, 0.15) is 28.9 Å². The molecular formula is C25H24N4O2S. The molecule has 0 fully saturated rings. The number of imidazole rings is 1. The summed E-state index contributed by atoms with van der Waals surface area (Å²) in [4.78, 5) is 30.1. The van der Waals surface area contributed by atoms with Crippen molar-refractivity contribution in [2.45, 2.75) is 18.1 Å². The molecule has 2 N–H and O–H groups in total. The maximum atomic E-state index is 12.9. The largest absolute Gasteiger partial charge is 0.345 e. The van der Waals surface area contributed by atoms with Crippen molar-refractivity contribution < 1.29 is 9.59 Å². The van der Waals surface area contributed by atoms with Gasteiger partial charge in [-0.3, -0.25) is 9.59 Å². The van der Waals surface area contributed by atoms with Gasteiger partial charge in [0.1, 0.15) is 0 Å². The van der Waals surface area contributed by atoms with Gasteiger partial charge in [0, 0.05) is 7.05 Å². The van der Waals surface area contributed by atoms with Crippen LogP contribution in [0.4, 0.5) is 5.69 Å². The third kappa shape index (κ3) is 4.84. The van der Waals surface area contributed by atoms with E-state index in [1.807, 2.05) is 73.1 Å². The van der Waals surface area contributed by atoms with Crippen LogP contribution < -0.4 is 10.6 Å². The summed E-state index contributed by atoms with van der Waals surface area (Å²) in [5, 5.41) is 6.64. The Bertz CT molecular complexity index is 1250. The standard InChI is InChI=1S/C25H24N4O2S/c1-17(18-10-4-3-5-11-18)26-24(31)19-12-6-7-13-20(19)27-23(30)16-32-25-28-21-14-8-9-15-22(21)29(25)2/h3-15,17H,16H2,1-2H3,(H,26,31)(H,27,30). The number of hydrogen-bond donors (Lipinski definition) is 2. The number of benzene rings is 3. The van der Waals surface area contributed by atoms with Gasteiger partial charge >= 0.3 is 0 Å². The minimum absolute atomic E-state index is 0.152. The molecule has 0 saturated carbocycles. The molecule has 0 radical (unpaired) electrons. The smallest absolute Gasteiger partial charge is 0.253 e. The topological polar surface area (TPSA) is 76.0 Å². The lowest BCUT2D eigenvalue weighted by Crippen LogP contribution is -2.28. The molecule has 4 aromatic rings. The Kier molecular flexibility index (Phi) is 6.56. The fourth-order valence-electron chi connectivity index (χ4n) is 3.46. The molecule has 1 heterocycles. The van der Waals surface area contributed by atoms with E-state index in [9.17, 15) is 9.59 Å². The Morgan fingerprint density at radius 1 is 0.969 bits per heavy atom. The van der Waals surface area contributed by atoms with Crippen molar-refractivity contribution in [3.05, 3.63) is 90.0 Å².